The molecular weight excluding hydrogens is 403 g/mol. The van der Waals surface area contributed by atoms with Gasteiger partial charge in [-0.15, -0.1) is 11.8 Å². The van der Waals surface area contributed by atoms with Gasteiger partial charge in [-0.25, -0.2) is 4.39 Å². The van der Waals surface area contributed by atoms with Crippen LogP contribution in [0.2, 0.25) is 0 Å². The maximum Gasteiger partial charge on any atom is 0.251 e. The fraction of sp³-hybridized carbons (Fsp3) is 0.217. The summed E-state index contributed by atoms with van der Waals surface area (Å²) in [6, 6.07) is 16.8. The van der Waals surface area contributed by atoms with E-state index in [4.69, 9.17) is 4.42 Å². The minimum atomic E-state index is -0.308. The fourth-order valence-electron chi connectivity index (χ4n) is 3.39. The van der Waals surface area contributed by atoms with Crippen molar-refractivity contribution in [3.8, 4) is 0 Å². The summed E-state index contributed by atoms with van der Waals surface area (Å²) < 4.78 is 18.5. The molecule has 5 nitrogen and oxygen atoms in total. The summed E-state index contributed by atoms with van der Waals surface area (Å²) in [6.07, 6.45) is 1.60. The predicted octanol–water partition coefficient (Wildman–Crippen LogP) is 4.68. The molecule has 4 rings (SSSR count). The van der Waals surface area contributed by atoms with Crippen LogP contribution in [-0.4, -0.2) is 22.5 Å². The molecule has 1 aliphatic rings. The van der Waals surface area contributed by atoms with Gasteiger partial charge in [0.05, 0.1) is 24.6 Å². The van der Waals surface area contributed by atoms with Crippen LogP contribution in [-0.2, 0) is 11.3 Å². The summed E-state index contributed by atoms with van der Waals surface area (Å²) in [5, 5.41) is 2.81. The van der Waals surface area contributed by atoms with E-state index >= 15 is 0 Å². The molecule has 2 aromatic carbocycles. The van der Waals surface area contributed by atoms with Crippen LogP contribution >= 0.6 is 11.8 Å². The Morgan fingerprint density at radius 2 is 1.93 bits per heavy atom. The smallest absolute Gasteiger partial charge is 0.251 e. The molecule has 3 aromatic rings. The number of rotatable bonds is 6. The summed E-state index contributed by atoms with van der Waals surface area (Å²) in [5.41, 5.74) is 2.32. The Kier molecular flexibility index (Phi) is 5.90. The Bertz CT molecular complexity index is 1020. The summed E-state index contributed by atoms with van der Waals surface area (Å²) in [7, 11) is 0. The number of furan rings is 1. The molecule has 0 unspecified atom stereocenters. The number of nitrogens with one attached hydrogen (secondary N) is 1. The van der Waals surface area contributed by atoms with Crippen molar-refractivity contribution in [1.82, 2.24) is 10.2 Å². The first-order valence-corrected chi connectivity index (χ1v) is 10.7. The highest BCUT2D eigenvalue weighted by Crippen LogP contribution is 2.39. The van der Waals surface area contributed by atoms with Crippen LogP contribution in [0.15, 0.2) is 71.3 Å². The standard InChI is InChI=1S/C23H21FN2O3S/c1-15(16-8-10-19(24)11-9-16)25-22(28)17-4-6-18(7-5-17)23-26(21(27)14-30-23)13-20-3-2-12-29-20/h2-12,15,23H,13-14H2,1H3,(H,25,28)/t15-,23-/m0/s1. The van der Waals surface area contributed by atoms with Crippen molar-refractivity contribution < 1.29 is 18.4 Å². The van der Waals surface area contributed by atoms with Crippen molar-refractivity contribution in [2.45, 2.75) is 24.9 Å². The molecule has 2 amide bonds. The fourth-order valence-corrected chi connectivity index (χ4v) is 4.57. The molecule has 0 radical (unpaired) electrons. The second-order valence-electron chi connectivity index (χ2n) is 7.13. The van der Waals surface area contributed by atoms with E-state index in [2.05, 4.69) is 5.32 Å². The molecule has 2 atom stereocenters. The predicted molar refractivity (Wildman–Crippen MR) is 113 cm³/mol. The molecule has 0 bridgehead atoms. The highest BCUT2D eigenvalue weighted by atomic mass is 32.2. The van der Waals surface area contributed by atoms with Gasteiger partial charge in [0.2, 0.25) is 5.91 Å². The Labute approximate surface area is 178 Å². The minimum absolute atomic E-state index is 0.0661. The number of hydrogen-bond acceptors (Lipinski definition) is 4. The van der Waals surface area contributed by atoms with Gasteiger partial charge < -0.3 is 14.6 Å². The second-order valence-corrected chi connectivity index (χ2v) is 8.20. The topological polar surface area (TPSA) is 62.6 Å². The Morgan fingerprint density at radius 3 is 2.60 bits per heavy atom. The molecule has 0 spiro atoms. The minimum Gasteiger partial charge on any atom is -0.467 e. The third-order valence-corrected chi connectivity index (χ3v) is 6.31. The molecule has 2 heterocycles. The van der Waals surface area contributed by atoms with E-state index in [1.165, 1.54) is 12.1 Å². The molecule has 0 aliphatic carbocycles. The van der Waals surface area contributed by atoms with Crippen LogP contribution in [0, 0.1) is 5.82 Å². The van der Waals surface area contributed by atoms with E-state index in [9.17, 15) is 14.0 Å². The van der Waals surface area contributed by atoms with E-state index in [1.807, 2.05) is 25.1 Å². The number of carbonyl (C=O) groups excluding carboxylic acids is 2. The third-order valence-electron chi connectivity index (χ3n) is 5.05. The van der Waals surface area contributed by atoms with Gasteiger partial charge in [0.25, 0.3) is 5.91 Å². The number of amides is 2. The highest BCUT2D eigenvalue weighted by Gasteiger charge is 2.33. The molecule has 1 N–H and O–H groups in total. The number of nitrogens with zero attached hydrogens (tertiary/aromatic N) is 1. The van der Waals surface area contributed by atoms with E-state index < -0.39 is 0 Å². The van der Waals surface area contributed by atoms with Crippen molar-refractivity contribution in [1.29, 1.82) is 0 Å². The average molecular weight is 424 g/mol. The number of benzene rings is 2. The van der Waals surface area contributed by atoms with Gasteiger partial charge in [0.15, 0.2) is 0 Å². The SMILES string of the molecule is C[C@H](NC(=O)c1ccc([C@@H]2SCC(=O)N2Cc2ccco2)cc1)c1ccc(F)cc1. The maximum atomic E-state index is 13.1. The van der Waals surface area contributed by atoms with Crippen LogP contribution in [0.1, 0.15) is 45.6 Å². The summed E-state index contributed by atoms with van der Waals surface area (Å²) in [5.74, 6) is 0.708. The second kappa shape index (κ2) is 8.75. The molecule has 1 fully saturated rings. The largest absolute Gasteiger partial charge is 0.467 e. The quantitative estimate of drug-likeness (QED) is 0.624. The number of carbonyl (C=O) groups is 2. The zero-order valence-electron chi connectivity index (χ0n) is 16.4. The van der Waals surface area contributed by atoms with Crippen LogP contribution in [0.5, 0.6) is 0 Å². The molecule has 1 saturated heterocycles. The molecule has 1 aromatic heterocycles. The Hall–Kier alpha value is -3.06. The zero-order valence-corrected chi connectivity index (χ0v) is 17.2. The van der Waals surface area contributed by atoms with E-state index in [-0.39, 0.29) is 29.0 Å². The number of thioether (sulfide) groups is 1. The summed E-state index contributed by atoms with van der Waals surface area (Å²) in [6.45, 7) is 2.27. The first-order chi connectivity index (χ1) is 14.5. The van der Waals surface area contributed by atoms with Crippen LogP contribution in [0.4, 0.5) is 4.39 Å². The average Bonchev–Trinajstić information content (AvgIpc) is 3.39. The third kappa shape index (κ3) is 4.41. The molecule has 154 valence electrons. The highest BCUT2D eigenvalue weighted by molar-refractivity contribution is 8.00. The molecule has 7 heteroatoms. The number of halogens is 1. The maximum absolute atomic E-state index is 13.1. The lowest BCUT2D eigenvalue weighted by Crippen LogP contribution is -2.28. The first-order valence-electron chi connectivity index (χ1n) is 9.61. The Morgan fingerprint density at radius 1 is 1.20 bits per heavy atom. The van der Waals surface area contributed by atoms with Gasteiger partial charge in [-0.1, -0.05) is 24.3 Å². The molecular formula is C23H21FN2O3S. The number of hydrogen-bond donors (Lipinski definition) is 1. The molecule has 0 saturated carbocycles. The van der Waals surface area contributed by atoms with E-state index in [1.54, 1.807) is 53.3 Å². The van der Waals surface area contributed by atoms with Crippen LogP contribution in [0.3, 0.4) is 0 Å². The Balaban J connectivity index is 1.43. The van der Waals surface area contributed by atoms with Gasteiger partial charge in [-0.05, 0) is 54.4 Å². The van der Waals surface area contributed by atoms with Crippen molar-refractivity contribution >= 4 is 23.6 Å². The van der Waals surface area contributed by atoms with Crippen molar-refractivity contribution in [3.05, 3.63) is 95.2 Å². The van der Waals surface area contributed by atoms with E-state index in [0.29, 0.717) is 17.9 Å². The zero-order chi connectivity index (χ0) is 21.1. The van der Waals surface area contributed by atoms with Crippen molar-refractivity contribution in [2.24, 2.45) is 0 Å². The van der Waals surface area contributed by atoms with Crippen molar-refractivity contribution in [2.75, 3.05) is 5.75 Å². The van der Waals surface area contributed by atoms with Gasteiger partial charge >= 0.3 is 0 Å². The normalized spacial score (nSPS) is 17.2. The van der Waals surface area contributed by atoms with Crippen molar-refractivity contribution in [3.63, 3.8) is 0 Å². The van der Waals surface area contributed by atoms with Gasteiger partial charge in [0.1, 0.15) is 17.0 Å². The van der Waals surface area contributed by atoms with Gasteiger partial charge in [-0.2, -0.15) is 0 Å². The van der Waals surface area contributed by atoms with E-state index in [0.717, 1.165) is 16.9 Å². The monoisotopic (exact) mass is 424 g/mol. The van der Waals surface area contributed by atoms with Crippen LogP contribution < -0.4 is 5.32 Å². The lowest BCUT2D eigenvalue weighted by Gasteiger charge is -2.23. The lowest BCUT2D eigenvalue weighted by atomic mass is 10.1. The molecule has 30 heavy (non-hydrogen) atoms. The summed E-state index contributed by atoms with van der Waals surface area (Å²) >= 11 is 1.56. The first kappa shape index (κ1) is 20.2. The van der Waals surface area contributed by atoms with Gasteiger partial charge in [0, 0.05) is 5.56 Å². The lowest BCUT2D eigenvalue weighted by molar-refractivity contribution is -0.128. The molecule has 1 aliphatic heterocycles. The van der Waals surface area contributed by atoms with Gasteiger partial charge in [-0.3, -0.25) is 9.59 Å². The summed E-state index contributed by atoms with van der Waals surface area (Å²) in [4.78, 5) is 26.7. The van der Waals surface area contributed by atoms with Crippen LogP contribution in [0.25, 0.3) is 0 Å².